The lowest BCUT2D eigenvalue weighted by Crippen LogP contribution is -2.59. The third-order valence-corrected chi connectivity index (χ3v) is 12.3. The third kappa shape index (κ3) is 5.34. The van der Waals surface area contributed by atoms with Crippen LogP contribution in [-0.4, -0.2) is 93.4 Å². The number of ether oxygens (including phenoxy) is 3. The molecule has 0 bridgehead atoms. The van der Waals surface area contributed by atoms with E-state index in [0.29, 0.717) is 48.5 Å². The highest BCUT2D eigenvalue weighted by molar-refractivity contribution is 5.97. The topological polar surface area (TPSA) is 163 Å². The monoisotopic (exact) mass is 604 g/mol. The second-order valence-corrected chi connectivity index (χ2v) is 14.4. The van der Waals surface area contributed by atoms with Gasteiger partial charge >= 0.3 is 5.97 Å². The van der Waals surface area contributed by atoms with E-state index < -0.39 is 49.4 Å². The van der Waals surface area contributed by atoms with Crippen molar-refractivity contribution in [1.29, 1.82) is 0 Å². The van der Waals surface area contributed by atoms with Crippen LogP contribution in [0.15, 0.2) is 22.3 Å². The number of esters is 1. The quantitative estimate of drug-likeness (QED) is 0.283. The highest BCUT2D eigenvalue weighted by Gasteiger charge is 2.58. The van der Waals surface area contributed by atoms with Crippen LogP contribution in [-0.2, 0) is 23.8 Å². The Balaban J connectivity index is 1.14. The average Bonchev–Trinajstić information content (AvgIpc) is 3.34. The second kappa shape index (κ2) is 11.9. The molecule has 240 valence electrons. The number of aliphatic hydroxyl groups is 5. The number of hydrogen-bond acceptors (Lipinski definition) is 10. The number of carbonyl (C=O) groups excluding carboxylic acids is 2. The normalized spacial score (nSPS) is 45.8. The Labute approximate surface area is 253 Å². The summed E-state index contributed by atoms with van der Waals surface area (Å²) < 4.78 is 17.3. The number of Topliss-reactive ketones (excluding diaryl/α,β-unsaturated/α-hetero) is 1. The highest BCUT2D eigenvalue weighted by Crippen LogP contribution is 2.64. The van der Waals surface area contributed by atoms with Gasteiger partial charge in [0.05, 0.1) is 19.3 Å². The molecule has 4 aliphatic carbocycles. The van der Waals surface area contributed by atoms with Gasteiger partial charge < -0.3 is 39.7 Å². The van der Waals surface area contributed by atoms with Crippen molar-refractivity contribution >= 4 is 11.8 Å². The number of fused-ring (bicyclic) bond motifs is 4. The SMILES string of the molecule is CC1=C(CO[C@@H]2O[C@H](CO)[C@@H](O)[C@H](O)[C@H]2O)C[C@H]([C@@H](C)[C@H]2CC[C@H]3[C@@H]4CC(=O)C5=C(CC[C@@H](O)C5)[C@H]4CC[C@]23C)OC1=O. The van der Waals surface area contributed by atoms with E-state index in [1.54, 1.807) is 6.92 Å². The lowest BCUT2D eigenvalue weighted by atomic mass is 9.52. The summed E-state index contributed by atoms with van der Waals surface area (Å²) in [6.07, 6.45) is -0.197. The molecule has 6 aliphatic rings. The molecular weight excluding hydrogens is 556 g/mol. The van der Waals surface area contributed by atoms with Crippen LogP contribution in [0.25, 0.3) is 0 Å². The molecule has 2 aliphatic heterocycles. The Morgan fingerprint density at radius 1 is 1.00 bits per heavy atom. The Kier molecular flexibility index (Phi) is 8.69. The summed E-state index contributed by atoms with van der Waals surface area (Å²) >= 11 is 0. The zero-order valence-electron chi connectivity index (χ0n) is 25.5. The van der Waals surface area contributed by atoms with Gasteiger partial charge in [0.1, 0.15) is 30.5 Å². The van der Waals surface area contributed by atoms with E-state index in [2.05, 4.69) is 13.8 Å². The van der Waals surface area contributed by atoms with Gasteiger partial charge in [-0.3, -0.25) is 4.79 Å². The predicted octanol–water partition coefficient (Wildman–Crippen LogP) is 1.94. The first kappa shape index (κ1) is 31.3. The molecule has 3 fully saturated rings. The van der Waals surface area contributed by atoms with E-state index in [9.17, 15) is 35.1 Å². The fraction of sp³-hybridized carbons (Fsp3) is 0.818. The van der Waals surface area contributed by atoms with Crippen molar-refractivity contribution in [1.82, 2.24) is 0 Å². The van der Waals surface area contributed by atoms with Crippen LogP contribution in [0.2, 0.25) is 0 Å². The first-order chi connectivity index (χ1) is 20.4. The maximum absolute atomic E-state index is 13.2. The number of carbonyl (C=O) groups is 2. The minimum atomic E-state index is -1.53. The zero-order valence-corrected chi connectivity index (χ0v) is 25.5. The van der Waals surface area contributed by atoms with Gasteiger partial charge in [-0.1, -0.05) is 19.4 Å². The van der Waals surface area contributed by atoms with Gasteiger partial charge in [0.15, 0.2) is 12.1 Å². The summed E-state index contributed by atoms with van der Waals surface area (Å²) in [5.74, 6) is 1.49. The molecule has 2 saturated carbocycles. The van der Waals surface area contributed by atoms with Crippen LogP contribution in [0.1, 0.15) is 78.6 Å². The zero-order chi connectivity index (χ0) is 30.8. The van der Waals surface area contributed by atoms with Gasteiger partial charge in [-0.2, -0.15) is 0 Å². The van der Waals surface area contributed by atoms with Crippen molar-refractivity contribution in [2.24, 2.45) is 35.0 Å². The van der Waals surface area contributed by atoms with Gasteiger partial charge in [-0.25, -0.2) is 4.79 Å². The molecule has 10 nitrogen and oxygen atoms in total. The van der Waals surface area contributed by atoms with E-state index in [1.807, 2.05) is 0 Å². The number of allylic oxidation sites excluding steroid dienone is 1. The van der Waals surface area contributed by atoms with Gasteiger partial charge in [0, 0.05) is 24.8 Å². The predicted molar refractivity (Wildman–Crippen MR) is 153 cm³/mol. The number of ketones is 1. The van der Waals surface area contributed by atoms with E-state index >= 15 is 0 Å². The molecule has 0 amide bonds. The van der Waals surface area contributed by atoms with E-state index in [-0.39, 0.29) is 29.8 Å². The lowest BCUT2D eigenvalue weighted by Gasteiger charge is -2.53. The molecule has 2 heterocycles. The molecule has 0 unspecified atom stereocenters. The van der Waals surface area contributed by atoms with E-state index in [4.69, 9.17) is 14.2 Å². The number of hydrogen-bond donors (Lipinski definition) is 5. The molecule has 43 heavy (non-hydrogen) atoms. The maximum Gasteiger partial charge on any atom is 0.334 e. The minimum Gasteiger partial charge on any atom is -0.458 e. The average molecular weight is 605 g/mol. The Hall–Kier alpha value is -1.66. The lowest BCUT2D eigenvalue weighted by molar-refractivity contribution is -0.299. The molecule has 0 radical (unpaired) electrons. The summed E-state index contributed by atoms with van der Waals surface area (Å²) in [5.41, 5.74) is 3.48. The fourth-order valence-corrected chi connectivity index (χ4v) is 9.81. The molecule has 0 aromatic rings. The molecule has 13 atom stereocenters. The van der Waals surface area contributed by atoms with Gasteiger partial charge in [0.2, 0.25) is 0 Å². The first-order valence-corrected chi connectivity index (χ1v) is 16.2. The number of cyclic esters (lactones) is 1. The summed E-state index contributed by atoms with van der Waals surface area (Å²) in [6.45, 7) is 5.69. The summed E-state index contributed by atoms with van der Waals surface area (Å²) in [5, 5.41) is 50.2. The maximum atomic E-state index is 13.2. The van der Waals surface area contributed by atoms with E-state index in [1.165, 1.54) is 5.57 Å². The summed E-state index contributed by atoms with van der Waals surface area (Å²) in [4.78, 5) is 26.3. The Morgan fingerprint density at radius 2 is 1.77 bits per heavy atom. The van der Waals surface area contributed by atoms with Crippen molar-refractivity contribution in [3.63, 3.8) is 0 Å². The van der Waals surface area contributed by atoms with E-state index in [0.717, 1.165) is 49.7 Å². The molecule has 1 saturated heterocycles. The van der Waals surface area contributed by atoms with Gasteiger partial charge in [-0.15, -0.1) is 0 Å². The number of aliphatic hydroxyl groups excluding tert-OH is 5. The Bertz CT molecular complexity index is 1180. The molecular formula is C33H48O10. The first-order valence-electron chi connectivity index (χ1n) is 16.2. The van der Waals surface area contributed by atoms with Crippen LogP contribution in [0.5, 0.6) is 0 Å². The van der Waals surface area contributed by atoms with Crippen LogP contribution < -0.4 is 0 Å². The third-order valence-electron chi connectivity index (χ3n) is 12.3. The highest BCUT2D eigenvalue weighted by atomic mass is 16.7. The van der Waals surface area contributed by atoms with Crippen LogP contribution in [0.3, 0.4) is 0 Å². The molecule has 6 rings (SSSR count). The van der Waals surface area contributed by atoms with Gasteiger partial charge in [0.25, 0.3) is 0 Å². The molecule has 5 N–H and O–H groups in total. The fourth-order valence-electron chi connectivity index (χ4n) is 9.81. The van der Waals surface area contributed by atoms with Crippen molar-refractivity contribution in [2.45, 2.75) is 121 Å². The Morgan fingerprint density at radius 3 is 2.51 bits per heavy atom. The molecule has 0 aromatic carbocycles. The van der Waals surface area contributed by atoms with Crippen molar-refractivity contribution in [3.8, 4) is 0 Å². The minimum absolute atomic E-state index is 0.0184. The summed E-state index contributed by atoms with van der Waals surface area (Å²) in [7, 11) is 0. The van der Waals surface area contributed by atoms with Gasteiger partial charge in [-0.05, 0) is 91.6 Å². The second-order valence-electron chi connectivity index (χ2n) is 14.4. The van der Waals surface area contributed by atoms with Crippen molar-refractivity contribution < 1.29 is 49.3 Å². The smallest absolute Gasteiger partial charge is 0.334 e. The van der Waals surface area contributed by atoms with Crippen LogP contribution in [0.4, 0.5) is 0 Å². The largest absolute Gasteiger partial charge is 0.458 e. The molecule has 0 aromatic heterocycles. The number of rotatable bonds is 6. The van der Waals surface area contributed by atoms with Crippen LogP contribution in [0, 0.1) is 35.0 Å². The summed E-state index contributed by atoms with van der Waals surface area (Å²) in [6, 6.07) is 0. The molecule has 10 heteroatoms. The molecule has 0 spiro atoms. The van der Waals surface area contributed by atoms with Crippen LogP contribution >= 0.6 is 0 Å². The van der Waals surface area contributed by atoms with Crippen molar-refractivity contribution in [2.75, 3.05) is 13.2 Å². The van der Waals surface area contributed by atoms with Crippen molar-refractivity contribution in [3.05, 3.63) is 22.3 Å². The standard InChI is InChI=1S/C33H48O10/c1-15-17(14-41-32-30(39)29(38)28(37)27(13-34)43-32)10-26(42-31(15)40)16(2)23-6-7-24-21-12-25(36)22-11-18(35)4-5-19(22)20(21)8-9-33(23,24)3/h16,18,20-21,23-24,26-30,32,34-35,37-39H,4-14H2,1-3H3/t16-,18+,20+,21+,23+,24-,26+,27+,28+,29-,30+,32+,33+/m0/s1.